The molecule has 0 bridgehead atoms. The zero-order chi connectivity index (χ0) is 14.1. The first-order valence-electron chi connectivity index (χ1n) is 8.17. The molecule has 3 heteroatoms. The van der Waals surface area contributed by atoms with Gasteiger partial charge in [0, 0.05) is 25.7 Å². The molecule has 1 saturated heterocycles. The van der Waals surface area contributed by atoms with Crippen LogP contribution in [0.3, 0.4) is 0 Å². The van der Waals surface area contributed by atoms with Gasteiger partial charge in [-0.15, -0.1) is 0 Å². The van der Waals surface area contributed by atoms with Crippen LogP contribution in [0.4, 0.5) is 0 Å². The lowest BCUT2D eigenvalue weighted by atomic mass is 9.99. The van der Waals surface area contributed by atoms with Gasteiger partial charge in [0.25, 0.3) is 0 Å². The second-order valence-electron chi connectivity index (χ2n) is 6.40. The normalized spacial score (nSPS) is 23.5. The zero-order valence-electron chi connectivity index (χ0n) is 13.5. The number of hydrogen-bond donors (Lipinski definition) is 1. The largest absolute Gasteiger partial charge is 0.380 e. The van der Waals surface area contributed by atoms with Crippen LogP contribution in [0.5, 0.6) is 0 Å². The van der Waals surface area contributed by atoms with E-state index in [2.05, 4.69) is 37.9 Å². The Morgan fingerprint density at radius 1 is 1.26 bits per heavy atom. The van der Waals surface area contributed by atoms with Gasteiger partial charge in [0.2, 0.25) is 0 Å². The second-order valence-corrected chi connectivity index (χ2v) is 6.40. The third-order valence-electron chi connectivity index (χ3n) is 4.23. The van der Waals surface area contributed by atoms with Crippen LogP contribution in [0.1, 0.15) is 47.0 Å². The summed E-state index contributed by atoms with van der Waals surface area (Å²) in [4.78, 5) is 2.58. The SMILES string of the molecule is CCC(C)C1CN(CCOCCC(C)C)CCCN1. The first-order chi connectivity index (χ1) is 9.13. The van der Waals surface area contributed by atoms with Crippen LogP contribution in [0.15, 0.2) is 0 Å². The summed E-state index contributed by atoms with van der Waals surface area (Å²) >= 11 is 0. The molecular formula is C16H34N2O. The highest BCUT2D eigenvalue weighted by Gasteiger charge is 2.21. The molecule has 114 valence electrons. The summed E-state index contributed by atoms with van der Waals surface area (Å²) in [5.74, 6) is 1.51. The van der Waals surface area contributed by atoms with E-state index in [0.29, 0.717) is 6.04 Å². The maximum absolute atomic E-state index is 5.75. The van der Waals surface area contributed by atoms with E-state index < -0.39 is 0 Å². The van der Waals surface area contributed by atoms with Gasteiger partial charge in [0.15, 0.2) is 0 Å². The van der Waals surface area contributed by atoms with Gasteiger partial charge in [-0.05, 0) is 37.8 Å². The molecule has 0 amide bonds. The molecule has 1 aliphatic rings. The number of nitrogens with zero attached hydrogens (tertiary/aromatic N) is 1. The lowest BCUT2D eigenvalue weighted by Gasteiger charge is -2.28. The Labute approximate surface area is 120 Å². The molecular weight excluding hydrogens is 236 g/mol. The van der Waals surface area contributed by atoms with Crippen LogP contribution in [0.25, 0.3) is 0 Å². The molecule has 0 aromatic heterocycles. The topological polar surface area (TPSA) is 24.5 Å². The lowest BCUT2D eigenvalue weighted by molar-refractivity contribution is 0.0934. The van der Waals surface area contributed by atoms with Gasteiger partial charge in [-0.2, -0.15) is 0 Å². The van der Waals surface area contributed by atoms with Crippen molar-refractivity contribution >= 4 is 0 Å². The summed E-state index contributed by atoms with van der Waals surface area (Å²) in [5, 5.41) is 3.70. The number of nitrogens with one attached hydrogen (secondary N) is 1. The predicted octanol–water partition coefficient (Wildman–Crippen LogP) is 2.76. The van der Waals surface area contributed by atoms with E-state index in [9.17, 15) is 0 Å². The molecule has 1 fully saturated rings. The Morgan fingerprint density at radius 3 is 2.74 bits per heavy atom. The summed E-state index contributed by atoms with van der Waals surface area (Å²) in [6.07, 6.45) is 3.70. The van der Waals surface area contributed by atoms with Gasteiger partial charge >= 0.3 is 0 Å². The van der Waals surface area contributed by atoms with E-state index in [4.69, 9.17) is 4.74 Å². The van der Waals surface area contributed by atoms with Gasteiger partial charge in [-0.25, -0.2) is 0 Å². The van der Waals surface area contributed by atoms with Crippen LogP contribution in [-0.2, 0) is 4.74 Å². The molecule has 0 aromatic rings. The third kappa shape index (κ3) is 7.28. The van der Waals surface area contributed by atoms with Crippen LogP contribution in [0.2, 0.25) is 0 Å². The van der Waals surface area contributed by atoms with Crippen LogP contribution in [-0.4, -0.2) is 50.3 Å². The highest BCUT2D eigenvalue weighted by atomic mass is 16.5. The molecule has 2 unspecified atom stereocenters. The Bertz CT molecular complexity index is 221. The van der Waals surface area contributed by atoms with E-state index in [0.717, 1.165) is 31.6 Å². The number of ether oxygens (including phenoxy) is 1. The van der Waals surface area contributed by atoms with Crippen LogP contribution < -0.4 is 5.32 Å². The number of hydrogen-bond acceptors (Lipinski definition) is 3. The van der Waals surface area contributed by atoms with E-state index in [-0.39, 0.29) is 0 Å². The quantitative estimate of drug-likeness (QED) is 0.686. The van der Waals surface area contributed by atoms with Gasteiger partial charge in [0.05, 0.1) is 6.61 Å². The molecule has 1 rings (SSSR count). The molecule has 1 N–H and O–H groups in total. The third-order valence-corrected chi connectivity index (χ3v) is 4.23. The lowest BCUT2D eigenvalue weighted by Crippen LogP contribution is -2.42. The fraction of sp³-hybridized carbons (Fsp3) is 1.00. The predicted molar refractivity (Wildman–Crippen MR) is 82.6 cm³/mol. The van der Waals surface area contributed by atoms with E-state index in [1.165, 1.54) is 38.9 Å². The fourth-order valence-electron chi connectivity index (χ4n) is 2.51. The minimum atomic E-state index is 0.656. The van der Waals surface area contributed by atoms with Crippen molar-refractivity contribution in [1.82, 2.24) is 10.2 Å². The molecule has 1 aliphatic heterocycles. The van der Waals surface area contributed by atoms with Crippen molar-refractivity contribution in [2.75, 3.05) is 39.4 Å². The van der Waals surface area contributed by atoms with Crippen molar-refractivity contribution in [3.05, 3.63) is 0 Å². The standard InChI is InChI=1S/C16H34N2O/c1-5-15(4)16-13-18(9-6-8-17-16)10-12-19-11-7-14(2)3/h14-17H,5-13H2,1-4H3. The van der Waals surface area contributed by atoms with Gasteiger partial charge < -0.3 is 10.1 Å². The fourth-order valence-corrected chi connectivity index (χ4v) is 2.51. The molecule has 0 spiro atoms. The molecule has 0 saturated carbocycles. The Balaban J connectivity index is 2.20. The minimum Gasteiger partial charge on any atom is -0.380 e. The maximum atomic E-state index is 5.75. The minimum absolute atomic E-state index is 0.656. The highest BCUT2D eigenvalue weighted by molar-refractivity contribution is 4.80. The average Bonchev–Trinajstić information content (AvgIpc) is 2.62. The molecule has 19 heavy (non-hydrogen) atoms. The molecule has 0 aromatic carbocycles. The molecule has 3 nitrogen and oxygen atoms in total. The van der Waals surface area contributed by atoms with Crippen molar-refractivity contribution in [2.24, 2.45) is 11.8 Å². The number of rotatable bonds is 8. The molecule has 0 aliphatic carbocycles. The van der Waals surface area contributed by atoms with Gasteiger partial charge in [-0.3, -0.25) is 4.90 Å². The summed E-state index contributed by atoms with van der Waals surface area (Å²) in [6.45, 7) is 15.6. The first kappa shape index (κ1) is 16.9. The van der Waals surface area contributed by atoms with E-state index in [1.54, 1.807) is 0 Å². The summed E-state index contributed by atoms with van der Waals surface area (Å²) in [7, 11) is 0. The van der Waals surface area contributed by atoms with Gasteiger partial charge in [0.1, 0.15) is 0 Å². The van der Waals surface area contributed by atoms with Crippen LogP contribution >= 0.6 is 0 Å². The Kier molecular flexibility index (Phi) is 8.67. The smallest absolute Gasteiger partial charge is 0.0593 e. The highest BCUT2D eigenvalue weighted by Crippen LogP contribution is 2.12. The first-order valence-corrected chi connectivity index (χ1v) is 8.17. The van der Waals surface area contributed by atoms with E-state index >= 15 is 0 Å². The summed E-state index contributed by atoms with van der Waals surface area (Å²) < 4.78 is 5.75. The monoisotopic (exact) mass is 270 g/mol. The molecule has 1 heterocycles. The van der Waals surface area contributed by atoms with Crippen molar-refractivity contribution in [2.45, 2.75) is 53.0 Å². The van der Waals surface area contributed by atoms with Crippen molar-refractivity contribution < 1.29 is 4.74 Å². The van der Waals surface area contributed by atoms with Crippen molar-refractivity contribution in [3.8, 4) is 0 Å². The zero-order valence-corrected chi connectivity index (χ0v) is 13.5. The van der Waals surface area contributed by atoms with Crippen LogP contribution in [0, 0.1) is 11.8 Å². The average molecular weight is 270 g/mol. The summed E-state index contributed by atoms with van der Waals surface area (Å²) in [6, 6.07) is 0.656. The Hall–Kier alpha value is -0.120. The maximum Gasteiger partial charge on any atom is 0.0593 e. The van der Waals surface area contributed by atoms with E-state index in [1.807, 2.05) is 0 Å². The summed E-state index contributed by atoms with van der Waals surface area (Å²) in [5.41, 5.74) is 0. The Morgan fingerprint density at radius 2 is 2.05 bits per heavy atom. The van der Waals surface area contributed by atoms with Crippen molar-refractivity contribution in [3.63, 3.8) is 0 Å². The second kappa shape index (κ2) is 9.73. The van der Waals surface area contributed by atoms with Gasteiger partial charge in [-0.1, -0.05) is 34.1 Å². The van der Waals surface area contributed by atoms with Crippen molar-refractivity contribution in [1.29, 1.82) is 0 Å². The molecule has 0 radical (unpaired) electrons. The molecule has 2 atom stereocenters.